The van der Waals surface area contributed by atoms with Crippen molar-refractivity contribution in [3.05, 3.63) is 37.5 Å². The van der Waals surface area contributed by atoms with Crippen LogP contribution in [0.15, 0.2) is 37.5 Å². The lowest BCUT2D eigenvalue weighted by molar-refractivity contribution is 0.0765. The van der Waals surface area contributed by atoms with Crippen LogP contribution in [-0.2, 0) is 0 Å². The van der Waals surface area contributed by atoms with Crippen LogP contribution in [0.3, 0.4) is 0 Å². The number of hydrogen-bond donors (Lipinski definition) is 1. The fourth-order valence-corrected chi connectivity index (χ4v) is 0.634. The third-order valence-electron chi connectivity index (χ3n) is 2.00. The number of allylic oxidation sites excluding steroid dienone is 3. The smallest absolute Gasteiger partial charge is 0.0589 e. The minimum Gasteiger partial charge on any atom is -0.390 e. The Morgan fingerprint density at radius 1 is 1.19 bits per heavy atom. The lowest BCUT2D eigenvalue weighted by Gasteiger charge is -2.11. The van der Waals surface area contributed by atoms with Crippen molar-refractivity contribution in [1.82, 2.24) is 0 Å². The summed E-state index contributed by atoms with van der Waals surface area (Å²) < 4.78 is 0. The standard InChI is InChI=1S/C8H14.C5H12O.C2H4/c1-4-7-8(5-2)6-3;1-4-5(2,3)6;1-2/h5,7H,2,4,6H2,1,3H3;6H,4H2,1-3H3;1-2H2/b8-7+;;. The van der Waals surface area contributed by atoms with E-state index in [0.717, 1.165) is 19.3 Å². The van der Waals surface area contributed by atoms with Gasteiger partial charge in [0.15, 0.2) is 0 Å². The molecule has 0 aromatic carbocycles. The van der Waals surface area contributed by atoms with Crippen molar-refractivity contribution >= 4 is 0 Å². The zero-order valence-electron chi connectivity index (χ0n) is 11.8. The summed E-state index contributed by atoms with van der Waals surface area (Å²) in [5.74, 6) is 0. The van der Waals surface area contributed by atoms with Crippen molar-refractivity contribution in [1.29, 1.82) is 0 Å². The minimum absolute atomic E-state index is 0.458. The van der Waals surface area contributed by atoms with Gasteiger partial charge >= 0.3 is 0 Å². The van der Waals surface area contributed by atoms with Crippen molar-refractivity contribution in [3.63, 3.8) is 0 Å². The molecule has 0 fully saturated rings. The van der Waals surface area contributed by atoms with E-state index in [1.54, 1.807) is 13.8 Å². The average molecular weight is 226 g/mol. The molecule has 0 amide bonds. The Bertz CT molecular complexity index is 172. The van der Waals surface area contributed by atoms with Crippen LogP contribution < -0.4 is 0 Å². The fraction of sp³-hybridized carbons (Fsp3) is 0.600. The molecule has 0 aromatic rings. The molecule has 0 aliphatic heterocycles. The molecule has 0 aliphatic carbocycles. The van der Waals surface area contributed by atoms with Crippen LogP contribution in [0.2, 0.25) is 0 Å². The van der Waals surface area contributed by atoms with E-state index in [9.17, 15) is 0 Å². The molecule has 0 radical (unpaired) electrons. The Labute approximate surface area is 103 Å². The number of hydrogen-bond acceptors (Lipinski definition) is 1. The molecule has 16 heavy (non-hydrogen) atoms. The summed E-state index contributed by atoms with van der Waals surface area (Å²) in [6.07, 6.45) is 7.18. The summed E-state index contributed by atoms with van der Waals surface area (Å²) in [7, 11) is 0. The van der Waals surface area contributed by atoms with E-state index in [0.29, 0.717) is 0 Å². The van der Waals surface area contributed by atoms with Gasteiger partial charge in [-0.1, -0.05) is 45.1 Å². The maximum Gasteiger partial charge on any atom is 0.0589 e. The second kappa shape index (κ2) is 14.2. The first-order valence-corrected chi connectivity index (χ1v) is 5.95. The lowest BCUT2D eigenvalue weighted by Crippen LogP contribution is -2.15. The van der Waals surface area contributed by atoms with Crippen molar-refractivity contribution in [2.75, 3.05) is 0 Å². The van der Waals surface area contributed by atoms with E-state index < -0.39 is 5.60 Å². The molecule has 0 saturated heterocycles. The van der Waals surface area contributed by atoms with Gasteiger partial charge in [0.05, 0.1) is 5.60 Å². The molecule has 0 saturated carbocycles. The number of aliphatic hydroxyl groups is 1. The Kier molecular flexibility index (Phi) is 18.2. The van der Waals surface area contributed by atoms with Gasteiger partial charge in [-0.05, 0) is 33.1 Å². The largest absolute Gasteiger partial charge is 0.390 e. The molecule has 1 heteroatoms. The van der Waals surface area contributed by atoms with Crippen LogP contribution in [0.25, 0.3) is 0 Å². The molecule has 0 unspecified atom stereocenters. The summed E-state index contributed by atoms with van der Waals surface area (Å²) >= 11 is 0. The van der Waals surface area contributed by atoms with Crippen molar-refractivity contribution in [3.8, 4) is 0 Å². The lowest BCUT2D eigenvalue weighted by atomic mass is 10.1. The predicted octanol–water partition coefficient (Wildman–Crippen LogP) is 4.89. The molecule has 0 aromatic heterocycles. The monoisotopic (exact) mass is 226 g/mol. The van der Waals surface area contributed by atoms with Crippen LogP contribution >= 0.6 is 0 Å². The first kappa shape index (κ1) is 20.6. The summed E-state index contributed by atoms with van der Waals surface area (Å²) in [6.45, 7) is 19.5. The SMILES string of the molecule is C=C.C=C/C(=C\CC)CC.CCC(C)(C)O. The molecule has 0 heterocycles. The maximum absolute atomic E-state index is 8.83. The van der Waals surface area contributed by atoms with E-state index >= 15 is 0 Å². The molecule has 0 spiro atoms. The van der Waals surface area contributed by atoms with Crippen molar-refractivity contribution in [2.24, 2.45) is 0 Å². The van der Waals surface area contributed by atoms with Crippen molar-refractivity contribution in [2.45, 2.75) is 59.5 Å². The summed E-state index contributed by atoms with van der Waals surface area (Å²) in [5.41, 5.74) is 0.896. The highest BCUT2D eigenvalue weighted by molar-refractivity contribution is 5.14. The molecular weight excluding hydrogens is 196 g/mol. The molecule has 0 rings (SSSR count). The van der Waals surface area contributed by atoms with Crippen LogP contribution in [0, 0.1) is 0 Å². The number of rotatable bonds is 4. The molecule has 1 nitrogen and oxygen atoms in total. The Balaban J connectivity index is -0.000000188. The van der Waals surface area contributed by atoms with E-state index in [-0.39, 0.29) is 0 Å². The van der Waals surface area contributed by atoms with E-state index in [1.807, 2.05) is 13.0 Å². The van der Waals surface area contributed by atoms with Crippen LogP contribution in [0.4, 0.5) is 0 Å². The summed E-state index contributed by atoms with van der Waals surface area (Å²) in [5, 5.41) is 8.83. The van der Waals surface area contributed by atoms with Crippen molar-refractivity contribution < 1.29 is 5.11 Å². The second-order valence-corrected chi connectivity index (χ2v) is 3.91. The molecular formula is C15H30O. The molecule has 1 N–H and O–H groups in total. The van der Waals surface area contributed by atoms with Gasteiger partial charge in [0.25, 0.3) is 0 Å². The summed E-state index contributed by atoms with van der Waals surface area (Å²) in [6, 6.07) is 0. The van der Waals surface area contributed by atoms with Gasteiger partial charge in [-0.2, -0.15) is 0 Å². The average Bonchev–Trinajstić information content (AvgIpc) is 2.28. The van der Waals surface area contributed by atoms with Crippen LogP contribution in [-0.4, -0.2) is 10.7 Å². The molecule has 96 valence electrons. The highest BCUT2D eigenvalue weighted by Crippen LogP contribution is 2.03. The summed E-state index contributed by atoms with van der Waals surface area (Å²) in [4.78, 5) is 0. The van der Waals surface area contributed by atoms with E-state index in [4.69, 9.17) is 5.11 Å². The van der Waals surface area contributed by atoms with E-state index in [2.05, 4.69) is 39.7 Å². The molecule has 0 atom stereocenters. The third-order valence-corrected chi connectivity index (χ3v) is 2.00. The quantitative estimate of drug-likeness (QED) is 0.534. The van der Waals surface area contributed by atoms with Gasteiger partial charge in [-0.15, -0.1) is 13.2 Å². The van der Waals surface area contributed by atoms with Gasteiger partial charge in [0.1, 0.15) is 0 Å². The van der Waals surface area contributed by atoms with Crippen LogP contribution in [0.5, 0.6) is 0 Å². The zero-order valence-corrected chi connectivity index (χ0v) is 11.8. The van der Waals surface area contributed by atoms with E-state index in [1.165, 1.54) is 5.57 Å². The minimum atomic E-state index is -0.458. The van der Waals surface area contributed by atoms with Gasteiger partial charge < -0.3 is 5.11 Å². The Hall–Kier alpha value is -0.820. The highest BCUT2D eigenvalue weighted by atomic mass is 16.3. The second-order valence-electron chi connectivity index (χ2n) is 3.91. The predicted molar refractivity (Wildman–Crippen MR) is 76.7 cm³/mol. The first-order chi connectivity index (χ1) is 7.41. The maximum atomic E-state index is 8.83. The molecule has 0 aliphatic rings. The zero-order chi connectivity index (χ0) is 13.6. The highest BCUT2D eigenvalue weighted by Gasteiger charge is 2.05. The fourth-order valence-electron chi connectivity index (χ4n) is 0.634. The van der Waals surface area contributed by atoms with Gasteiger partial charge in [-0.25, -0.2) is 0 Å². The topological polar surface area (TPSA) is 20.2 Å². The van der Waals surface area contributed by atoms with Gasteiger partial charge in [0, 0.05) is 0 Å². The first-order valence-electron chi connectivity index (χ1n) is 5.95. The Morgan fingerprint density at radius 2 is 1.56 bits per heavy atom. The Morgan fingerprint density at radius 3 is 1.62 bits per heavy atom. The van der Waals surface area contributed by atoms with Gasteiger partial charge in [-0.3, -0.25) is 0 Å². The third kappa shape index (κ3) is 23.2. The normalized spacial score (nSPS) is 10.5. The van der Waals surface area contributed by atoms with Crippen LogP contribution in [0.1, 0.15) is 53.9 Å². The molecule has 0 bridgehead atoms. The van der Waals surface area contributed by atoms with Gasteiger partial charge in [0.2, 0.25) is 0 Å².